The van der Waals surface area contributed by atoms with Gasteiger partial charge in [0.25, 0.3) is 11.5 Å². The average molecular weight is 458 g/mol. The molecule has 2 aromatic heterocycles. The maximum absolute atomic E-state index is 13.4. The Morgan fingerprint density at radius 2 is 2.07 bits per heavy atom. The van der Waals surface area contributed by atoms with Crippen molar-refractivity contribution in [3.05, 3.63) is 52.0 Å². The highest BCUT2D eigenvalue weighted by molar-refractivity contribution is 5.95. The summed E-state index contributed by atoms with van der Waals surface area (Å²) in [6.07, 6.45) is 7.63. The molecule has 0 radical (unpaired) electrons. The van der Waals surface area contributed by atoms with Crippen LogP contribution in [-0.2, 0) is 20.1 Å². The quantitative estimate of drug-likeness (QED) is 0.723. The number of pyridine rings is 1. The molecule has 0 spiro atoms. The van der Waals surface area contributed by atoms with E-state index in [4.69, 9.17) is 0 Å². The lowest BCUT2D eigenvalue weighted by atomic mass is 9.99. The van der Waals surface area contributed by atoms with Crippen molar-refractivity contribution in [3.63, 3.8) is 0 Å². The topological polar surface area (TPSA) is 72.2 Å². The van der Waals surface area contributed by atoms with Crippen LogP contribution in [0, 0.1) is 12.8 Å². The Bertz CT molecular complexity index is 888. The summed E-state index contributed by atoms with van der Waals surface area (Å²) in [4.78, 5) is 32.6. The average Bonchev–Trinajstić information content (AvgIpc) is 3.07. The predicted octanol–water partition coefficient (Wildman–Crippen LogP) is 2.78. The molecule has 1 atom stereocenters. The van der Waals surface area contributed by atoms with E-state index in [9.17, 15) is 9.59 Å². The molecule has 1 aliphatic heterocycles. The molecule has 3 rings (SSSR count). The van der Waals surface area contributed by atoms with E-state index in [0.29, 0.717) is 19.0 Å². The molecule has 2 aromatic rings. The molecule has 1 amide bonds. The molecule has 9 heteroatoms. The van der Waals surface area contributed by atoms with Gasteiger partial charge in [0.15, 0.2) is 0 Å². The van der Waals surface area contributed by atoms with Gasteiger partial charge in [0.1, 0.15) is 11.4 Å². The molecule has 1 fully saturated rings. The Labute approximate surface area is 190 Å². The summed E-state index contributed by atoms with van der Waals surface area (Å²) in [5.74, 6) is 0.992. The number of rotatable bonds is 6. The fourth-order valence-electron chi connectivity index (χ4n) is 3.76. The van der Waals surface area contributed by atoms with Gasteiger partial charge in [0.05, 0.1) is 6.54 Å². The van der Waals surface area contributed by atoms with Crippen molar-refractivity contribution in [2.75, 3.05) is 13.1 Å². The van der Waals surface area contributed by atoms with Crippen LogP contribution in [0.4, 0.5) is 0 Å². The second kappa shape index (κ2) is 11.5. The highest BCUT2D eigenvalue weighted by Gasteiger charge is 2.26. The fraction of sp³-hybridized carbons (Fsp3) is 0.571. The lowest BCUT2D eigenvalue weighted by molar-refractivity contribution is 0.0680. The zero-order chi connectivity index (χ0) is 20.3. The van der Waals surface area contributed by atoms with E-state index < -0.39 is 0 Å². The Hall–Kier alpha value is -1.83. The van der Waals surface area contributed by atoms with Crippen molar-refractivity contribution in [3.8, 4) is 0 Å². The maximum Gasteiger partial charge on any atom is 0.263 e. The molecule has 0 aromatic carbocycles. The first-order valence-electron chi connectivity index (χ1n) is 10.1. The lowest BCUT2D eigenvalue weighted by Crippen LogP contribution is -2.42. The summed E-state index contributed by atoms with van der Waals surface area (Å²) in [6, 6.07) is 1.84. The Balaban J connectivity index is 0.00000225. The number of carbonyl (C=O) groups excluding carboxylic acids is 1. The van der Waals surface area contributed by atoms with Crippen molar-refractivity contribution in [1.29, 1.82) is 0 Å². The maximum atomic E-state index is 13.4. The van der Waals surface area contributed by atoms with Crippen molar-refractivity contribution in [1.82, 2.24) is 24.3 Å². The first-order chi connectivity index (χ1) is 13.4. The van der Waals surface area contributed by atoms with Gasteiger partial charge < -0.3 is 19.4 Å². The number of imidazole rings is 1. The summed E-state index contributed by atoms with van der Waals surface area (Å²) in [7, 11) is 1.91. The minimum atomic E-state index is -0.225. The summed E-state index contributed by atoms with van der Waals surface area (Å²) in [5, 5.41) is 3.39. The number of piperidine rings is 1. The molecule has 1 aliphatic rings. The van der Waals surface area contributed by atoms with Gasteiger partial charge in [-0.15, -0.1) is 24.8 Å². The number of halogens is 2. The number of hydrogen-bond acceptors (Lipinski definition) is 4. The van der Waals surface area contributed by atoms with E-state index in [1.165, 1.54) is 0 Å². The molecule has 30 heavy (non-hydrogen) atoms. The van der Waals surface area contributed by atoms with Crippen LogP contribution in [0.1, 0.15) is 48.4 Å². The summed E-state index contributed by atoms with van der Waals surface area (Å²) >= 11 is 0. The van der Waals surface area contributed by atoms with E-state index in [1.54, 1.807) is 15.7 Å². The van der Waals surface area contributed by atoms with Gasteiger partial charge in [-0.05, 0) is 64.3 Å². The Kier molecular flexibility index (Phi) is 10.1. The molecule has 0 aliphatic carbocycles. The monoisotopic (exact) mass is 457 g/mol. The molecule has 0 saturated carbocycles. The van der Waals surface area contributed by atoms with Gasteiger partial charge in [-0.2, -0.15) is 0 Å². The molecule has 168 valence electrons. The lowest BCUT2D eigenvalue weighted by Gasteiger charge is -2.27. The normalized spacial score (nSPS) is 16.0. The zero-order valence-electron chi connectivity index (χ0n) is 18.1. The van der Waals surface area contributed by atoms with E-state index in [2.05, 4.69) is 10.3 Å². The minimum absolute atomic E-state index is 0. The SMILES string of the molecule is Cc1ccn(CC2CCCNC2)c(=O)c1C(=O)N(Cc1nccn1C)C(C)C.Cl.Cl. The molecule has 7 nitrogen and oxygen atoms in total. The van der Waals surface area contributed by atoms with Crippen LogP contribution in [0.3, 0.4) is 0 Å². The number of carbonyl (C=O) groups is 1. The highest BCUT2D eigenvalue weighted by atomic mass is 35.5. The van der Waals surface area contributed by atoms with Crippen molar-refractivity contribution in [2.24, 2.45) is 13.0 Å². The van der Waals surface area contributed by atoms with Gasteiger partial charge in [0, 0.05) is 38.2 Å². The first kappa shape index (κ1) is 26.2. The predicted molar refractivity (Wildman–Crippen MR) is 124 cm³/mol. The molecule has 1 unspecified atom stereocenters. The molecule has 3 heterocycles. The number of nitrogens with zero attached hydrogens (tertiary/aromatic N) is 4. The molecule has 1 saturated heterocycles. The van der Waals surface area contributed by atoms with Gasteiger partial charge >= 0.3 is 0 Å². The van der Waals surface area contributed by atoms with Crippen LogP contribution in [0.25, 0.3) is 0 Å². The van der Waals surface area contributed by atoms with Crippen LogP contribution in [0.5, 0.6) is 0 Å². The first-order valence-corrected chi connectivity index (χ1v) is 10.1. The number of hydrogen-bond donors (Lipinski definition) is 1. The smallest absolute Gasteiger partial charge is 0.263 e. The van der Waals surface area contributed by atoms with E-state index in [-0.39, 0.29) is 47.9 Å². The van der Waals surface area contributed by atoms with Crippen LogP contribution in [0.15, 0.2) is 29.5 Å². The number of nitrogens with one attached hydrogen (secondary N) is 1. The fourth-order valence-corrected chi connectivity index (χ4v) is 3.76. The van der Waals surface area contributed by atoms with E-state index >= 15 is 0 Å². The van der Waals surface area contributed by atoms with Crippen LogP contribution in [0.2, 0.25) is 0 Å². The summed E-state index contributed by atoms with van der Waals surface area (Å²) in [5.41, 5.74) is 0.800. The highest BCUT2D eigenvalue weighted by Crippen LogP contribution is 2.15. The minimum Gasteiger partial charge on any atom is -0.337 e. The van der Waals surface area contributed by atoms with E-state index in [1.807, 2.05) is 50.8 Å². The Morgan fingerprint density at radius 3 is 2.63 bits per heavy atom. The molecular weight excluding hydrogens is 425 g/mol. The third-order valence-corrected chi connectivity index (χ3v) is 5.56. The third kappa shape index (κ3) is 5.86. The van der Waals surface area contributed by atoms with Gasteiger partial charge in [0.2, 0.25) is 0 Å². The number of amides is 1. The van der Waals surface area contributed by atoms with Crippen molar-refractivity contribution < 1.29 is 4.79 Å². The molecular formula is C21H33Cl2N5O2. The summed E-state index contributed by atoms with van der Waals surface area (Å²) < 4.78 is 3.60. The summed E-state index contributed by atoms with van der Waals surface area (Å²) in [6.45, 7) is 8.74. The zero-order valence-corrected chi connectivity index (χ0v) is 19.8. The Morgan fingerprint density at radius 1 is 1.33 bits per heavy atom. The second-order valence-corrected chi connectivity index (χ2v) is 8.02. The van der Waals surface area contributed by atoms with Crippen LogP contribution < -0.4 is 10.9 Å². The van der Waals surface area contributed by atoms with Gasteiger partial charge in [-0.3, -0.25) is 9.59 Å². The largest absolute Gasteiger partial charge is 0.337 e. The third-order valence-electron chi connectivity index (χ3n) is 5.56. The van der Waals surface area contributed by atoms with Crippen LogP contribution >= 0.6 is 24.8 Å². The van der Waals surface area contributed by atoms with Crippen LogP contribution in [-0.4, -0.2) is 44.1 Å². The van der Waals surface area contributed by atoms with E-state index in [0.717, 1.165) is 37.3 Å². The number of aromatic nitrogens is 3. The van der Waals surface area contributed by atoms with Crippen molar-refractivity contribution >= 4 is 30.7 Å². The van der Waals surface area contributed by atoms with Gasteiger partial charge in [-0.1, -0.05) is 0 Å². The standard InChI is InChI=1S/C21H31N5O2.2ClH/c1-15(2)26(14-18-23-9-11-24(18)4)21(28)19-16(3)7-10-25(20(19)27)13-17-6-5-8-22-12-17;;/h7,9-11,15,17,22H,5-6,8,12-14H2,1-4H3;2*1H. The van der Waals surface area contributed by atoms with Crippen molar-refractivity contribution in [2.45, 2.75) is 52.7 Å². The molecule has 0 bridgehead atoms. The number of aryl methyl sites for hydroxylation is 2. The second-order valence-electron chi connectivity index (χ2n) is 8.02. The molecule has 1 N–H and O–H groups in total. The van der Waals surface area contributed by atoms with Gasteiger partial charge in [-0.25, -0.2) is 4.98 Å².